The lowest BCUT2D eigenvalue weighted by atomic mass is 9.85. The van der Waals surface area contributed by atoms with Crippen molar-refractivity contribution in [2.45, 2.75) is 32.7 Å². The van der Waals surface area contributed by atoms with Gasteiger partial charge in [-0.15, -0.1) is 12.4 Å². The molecule has 1 saturated heterocycles. The number of halogens is 1. The minimum atomic E-state index is 0. The number of benzene rings is 1. The van der Waals surface area contributed by atoms with E-state index in [2.05, 4.69) is 12.2 Å². The van der Waals surface area contributed by atoms with Crippen LogP contribution in [-0.2, 0) is 11.3 Å². The van der Waals surface area contributed by atoms with Crippen molar-refractivity contribution >= 4 is 18.3 Å². The van der Waals surface area contributed by atoms with E-state index in [4.69, 9.17) is 4.74 Å². The molecule has 2 atom stereocenters. The highest BCUT2D eigenvalue weighted by molar-refractivity contribution is 5.85. The van der Waals surface area contributed by atoms with Crippen LogP contribution in [0.2, 0.25) is 0 Å². The Kier molecular flexibility index (Phi) is 8.36. The Morgan fingerprint density at radius 2 is 2.25 bits per heavy atom. The third-order valence-corrected chi connectivity index (χ3v) is 4.73. The number of nitrogens with one attached hydrogen (secondary N) is 1. The van der Waals surface area contributed by atoms with Crippen LogP contribution in [0.1, 0.15) is 31.7 Å². The fourth-order valence-corrected chi connectivity index (χ4v) is 3.16. The second kappa shape index (κ2) is 9.74. The largest absolute Gasteiger partial charge is 0.504 e. The summed E-state index contributed by atoms with van der Waals surface area (Å²) < 4.78 is 5.04. The van der Waals surface area contributed by atoms with Crippen LogP contribution in [0.15, 0.2) is 18.2 Å². The van der Waals surface area contributed by atoms with Gasteiger partial charge >= 0.3 is 0 Å². The highest BCUT2D eigenvalue weighted by Crippen LogP contribution is 2.27. The number of ether oxygens (including phenoxy) is 1. The first-order valence-corrected chi connectivity index (χ1v) is 8.31. The Hall–Kier alpha value is -1.46. The number of piperidine rings is 1. The van der Waals surface area contributed by atoms with Crippen molar-refractivity contribution in [1.82, 2.24) is 10.2 Å². The zero-order valence-electron chi connectivity index (χ0n) is 14.7. The zero-order valence-corrected chi connectivity index (χ0v) is 15.6. The molecule has 1 aromatic rings. The molecule has 136 valence electrons. The lowest BCUT2D eigenvalue weighted by Gasteiger charge is -2.29. The molecule has 5 nitrogen and oxygen atoms in total. The molecule has 0 bridgehead atoms. The summed E-state index contributed by atoms with van der Waals surface area (Å²) in [5.74, 6) is 1.68. The van der Waals surface area contributed by atoms with Crippen molar-refractivity contribution in [2.75, 3.05) is 27.2 Å². The molecule has 1 heterocycles. The minimum Gasteiger partial charge on any atom is -0.504 e. The van der Waals surface area contributed by atoms with Crippen molar-refractivity contribution in [2.24, 2.45) is 11.8 Å². The molecule has 1 amide bonds. The van der Waals surface area contributed by atoms with Gasteiger partial charge in [0.25, 0.3) is 0 Å². The van der Waals surface area contributed by atoms with E-state index in [1.54, 1.807) is 17.0 Å². The number of phenols is 1. The van der Waals surface area contributed by atoms with E-state index in [1.807, 2.05) is 13.1 Å². The molecule has 1 aromatic carbocycles. The van der Waals surface area contributed by atoms with Crippen LogP contribution in [0.25, 0.3) is 0 Å². The molecule has 0 spiro atoms. The maximum absolute atomic E-state index is 12.4. The van der Waals surface area contributed by atoms with E-state index < -0.39 is 0 Å². The summed E-state index contributed by atoms with van der Waals surface area (Å²) in [5.41, 5.74) is 0.895. The predicted octanol–water partition coefficient (Wildman–Crippen LogP) is 2.81. The first-order chi connectivity index (χ1) is 11.0. The lowest BCUT2D eigenvalue weighted by Crippen LogP contribution is -2.36. The van der Waals surface area contributed by atoms with Gasteiger partial charge in [-0.05, 0) is 55.5 Å². The number of carbonyl (C=O) groups excluding carboxylic acids is 1. The van der Waals surface area contributed by atoms with Crippen LogP contribution in [0.4, 0.5) is 0 Å². The first-order valence-electron chi connectivity index (χ1n) is 8.31. The molecule has 1 fully saturated rings. The highest BCUT2D eigenvalue weighted by atomic mass is 35.5. The van der Waals surface area contributed by atoms with Gasteiger partial charge in [0, 0.05) is 20.0 Å². The van der Waals surface area contributed by atoms with Gasteiger partial charge < -0.3 is 20.1 Å². The van der Waals surface area contributed by atoms with Gasteiger partial charge in [-0.1, -0.05) is 13.0 Å². The molecular formula is C18H29ClN2O3. The smallest absolute Gasteiger partial charge is 0.222 e. The molecule has 6 heteroatoms. The Morgan fingerprint density at radius 3 is 2.83 bits per heavy atom. The third-order valence-electron chi connectivity index (χ3n) is 4.73. The molecule has 0 aliphatic carbocycles. The number of nitrogens with zero attached hydrogens (tertiary/aromatic N) is 1. The van der Waals surface area contributed by atoms with Crippen LogP contribution < -0.4 is 10.1 Å². The summed E-state index contributed by atoms with van der Waals surface area (Å²) in [7, 11) is 3.33. The summed E-state index contributed by atoms with van der Waals surface area (Å²) in [4.78, 5) is 14.2. The maximum atomic E-state index is 12.4. The van der Waals surface area contributed by atoms with E-state index in [-0.39, 0.29) is 24.1 Å². The third kappa shape index (κ3) is 5.56. The molecule has 1 aliphatic rings. The lowest BCUT2D eigenvalue weighted by molar-refractivity contribution is -0.131. The monoisotopic (exact) mass is 356 g/mol. The molecule has 2 unspecified atom stereocenters. The summed E-state index contributed by atoms with van der Waals surface area (Å²) >= 11 is 0. The van der Waals surface area contributed by atoms with Crippen LogP contribution >= 0.6 is 12.4 Å². The Morgan fingerprint density at radius 1 is 1.50 bits per heavy atom. The fraction of sp³-hybridized carbons (Fsp3) is 0.611. The molecule has 0 radical (unpaired) electrons. The molecule has 0 aromatic heterocycles. The number of hydrogen-bond donors (Lipinski definition) is 2. The zero-order chi connectivity index (χ0) is 16.8. The van der Waals surface area contributed by atoms with Crippen LogP contribution in [0.5, 0.6) is 11.5 Å². The molecule has 1 aliphatic heterocycles. The van der Waals surface area contributed by atoms with Crippen molar-refractivity contribution in [3.05, 3.63) is 23.8 Å². The van der Waals surface area contributed by atoms with Gasteiger partial charge in [0.2, 0.25) is 5.91 Å². The number of carbonyl (C=O) groups is 1. The second-order valence-corrected chi connectivity index (χ2v) is 6.54. The van der Waals surface area contributed by atoms with Gasteiger partial charge in [-0.3, -0.25) is 4.79 Å². The Bertz CT molecular complexity index is 533. The minimum absolute atomic E-state index is 0. The number of aromatic hydroxyl groups is 1. The summed E-state index contributed by atoms with van der Waals surface area (Å²) in [6, 6.07) is 5.24. The first kappa shape index (κ1) is 20.6. The van der Waals surface area contributed by atoms with Gasteiger partial charge in [-0.25, -0.2) is 0 Å². The molecule has 2 rings (SSSR count). The quantitative estimate of drug-likeness (QED) is 0.822. The summed E-state index contributed by atoms with van der Waals surface area (Å²) in [6.45, 7) is 4.77. The Labute approximate surface area is 150 Å². The number of hydrogen-bond acceptors (Lipinski definition) is 4. The van der Waals surface area contributed by atoms with E-state index in [0.29, 0.717) is 30.6 Å². The van der Waals surface area contributed by atoms with E-state index in [0.717, 1.165) is 18.7 Å². The van der Waals surface area contributed by atoms with Gasteiger partial charge in [0.05, 0.1) is 7.11 Å². The van der Waals surface area contributed by atoms with Crippen molar-refractivity contribution in [1.29, 1.82) is 0 Å². The van der Waals surface area contributed by atoms with Crippen LogP contribution in [0, 0.1) is 11.8 Å². The highest BCUT2D eigenvalue weighted by Gasteiger charge is 2.23. The number of phenolic OH excluding ortho intramolecular Hbond substituents is 1. The van der Waals surface area contributed by atoms with E-state index in [1.165, 1.54) is 20.0 Å². The molecular weight excluding hydrogens is 328 g/mol. The second-order valence-electron chi connectivity index (χ2n) is 6.54. The molecule has 2 N–H and O–H groups in total. The standard InChI is InChI=1S/C18H28N2O3.ClH/c1-13(15-5-4-8-19-11-15)9-18(22)20(2)12-14-6-7-17(23-3)16(21)10-14;/h6-7,10,13,15,19,21H,4-5,8-9,11-12H2,1-3H3;1H. The average molecular weight is 357 g/mol. The van der Waals surface area contributed by atoms with Crippen LogP contribution in [-0.4, -0.2) is 43.2 Å². The SMILES string of the molecule is COc1ccc(CN(C)C(=O)CC(C)C2CCCNC2)cc1O.Cl. The van der Waals surface area contributed by atoms with Crippen LogP contribution in [0.3, 0.4) is 0 Å². The van der Waals surface area contributed by atoms with Gasteiger partial charge in [0.1, 0.15) is 0 Å². The summed E-state index contributed by atoms with van der Waals surface area (Å²) in [5, 5.41) is 13.2. The van der Waals surface area contributed by atoms with E-state index >= 15 is 0 Å². The normalized spacial score (nSPS) is 18.4. The van der Waals surface area contributed by atoms with Gasteiger partial charge in [0.15, 0.2) is 11.5 Å². The molecule has 24 heavy (non-hydrogen) atoms. The number of amides is 1. The van der Waals surface area contributed by atoms with Crippen molar-refractivity contribution in [3.63, 3.8) is 0 Å². The summed E-state index contributed by atoms with van der Waals surface area (Å²) in [6.07, 6.45) is 2.98. The fourth-order valence-electron chi connectivity index (χ4n) is 3.16. The predicted molar refractivity (Wildman–Crippen MR) is 97.8 cm³/mol. The van der Waals surface area contributed by atoms with Gasteiger partial charge in [-0.2, -0.15) is 0 Å². The topological polar surface area (TPSA) is 61.8 Å². The molecule has 0 saturated carbocycles. The van der Waals surface area contributed by atoms with Crippen molar-refractivity contribution < 1.29 is 14.6 Å². The Balaban J connectivity index is 0.00000288. The van der Waals surface area contributed by atoms with E-state index in [9.17, 15) is 9.90 Å². The number of methoxy groups -OCH3 is 1. The number of rotatable bonds is 6. The average Bonchev–Trinajstić information content (AvgIpc) is 2.55. The van der Waals surface area contributed by atoms with Crippen molar-refractivity contribution in [3.8, 4) is 11.5 Å². The maximum Gasteiger partial charge on any atom is 0.222 e.